The number of carbonyl (C=O) groups is 1. The van der Waals surface area contributed by atoms with Crippen LogP contribution in [0, 0.1) is 0 Å². The van der Waals surface area contributed by atoms with Crippen molar-refractivity contribution in [3.05, 3.63) is 37.2 Å². The smallest absolute Gasteiger partial charge is 0.261 e. The van der Waals surface area contributed by atoms with Gasteiger partial charge in [0.05, 0.1) is 20.9 Å². The van der Waals surface area contributed by atoms with Crippen molar-refractivity contribution in [2.45, 2.75) is 20.0 Å². The van der Waals surface area contributed by atoms with Crippen LogP contribution in [0.1, 0.15) is 22.3 Å². The number of hydrogen-bond acceptors (Lipinski definition) is 3. The fourth-order valence-electron chi connectivity index (χ4n) is 1.39. The number of amides is 1. The van der Waals surface area contributed by atoms with Crippen LogP contribution in [-0.2, 0) is 13.1 Å². The summed E-state index contributed by atoms with van der Waals surface area (Å²) < 4.78 is 3.65. The molecule has 2 heterocycles. The van der Waals surface area contributed by atoms with Crippen LogP contribution in [0.4, 0.5) is 0 Å². The fraction of sp³-hybridized carbons (Fsp3) is 0.273. The van der Waals surface area contributed by atoms with Crippen molar-refractivity contribution in [3.8, 4) is 0 Å². The van der Waals surface area contributed by atoms with Gasteiger partial charge in [0, 0.05) is 17.2 Å². The van der Waals surface area contributed by atoms with Crippen LogP contribution in [0.25, 0.3) is 0 Å². The standard InChI is InChI=1S/C11H11Br2N3OS/c1-2-16-4-3-7(15-16)6-14-11(17)9-5-8(12)10(13)18-9/h3-5H,2,6H2,1H3,(H,14,17). The van der Waals surface area contributed by atoms with Crippen LogP contribution in [0.3, 0.4) is 0 Å². The van der Waals surface area contributed by atoms with Crippen molar-refractivity contribution in [1.82, 2.24) is 15.1 Å². The van der Waals surface area contributed by atoms with Crippen LogP contribution < -0.4 is 5.32 Å². The molecule has 0 aliphatic carbocycles. The summed E-state index contributed by atoms with van der Waals surface area (Å²) in [5, 5.41) is 7.15. The lowest BCUT2D eigenvalue weighted by atomic mass is 10.4. The van der Waals surface area contributed by atoms with Gasteiger partial charge in [0.1, 0.15) is 0 Å². The molecule has 0 aliphatic rings. The molecule has 18 heavy (non-hydrogen) atoms. The number of aryl methyl sites for hydroxylation is 1. The van der Waals surface area contributed by atoms with E-state index < -0.39 is 0 Å². The Morgan fingerprint density at radius 2 is 2.33 bits per heavy atom. The maximum absolute atomic E-state index is 11.9. The van der Waals surface area contributed by atoms with Crippen LogP contribution in [0.15, 0.2) is 26.6 Å². The fourth-order valence-corrected chi connectivity index (χ4v) is 3.34. The molecule has 1 N–H and O–H groups in total. The summed E-state index contributed by atoms with van der Waals surface area (Å²) in [4.78, 5) is 12.6. The molecular formula is C11H11Br2N3OS. The maximum atomic E-state index is 11.9. The van der Waals surface area contributed by atoms with E-state index in [4.69, 9.17) is 0 Å². The molecule has 0 saturated heterocycles. The number of rotatable bonds is 4. The van der Waals surface area contributed by atoms with E-state index in [1.165, 1.54) is 11.3 Å². The first-order valence-electron chi connectivity index (χ1n) is 5.35. The van der Waals surface area contributed by atoms with Gasteiger partial charge in [-0.05, 0) is 50.9 Å². The Kier molecular flexibility index (Phi) is 4.58. The highest BCUT2D eigenvalue weighted by molar-refractivity contribution is 9.13. The van der Waals surface area contributed by atoms with Gasteiger partial charge in [0.15, 0.2) is 0 Å². The Morgan fingerprint density at radius 1 is 1.56 bits per heavy atom. The number of halogens is 2. The van der Waals surface area contributed by atoms with Gasteiger partial charge in [-0.3, -0.25) is 9.48 Å². The molecule has 0 atom stereocenters. The number of carbonyl (C=O) groups excluding carboxylic acids is 1. The Morgan fingerprint density at radius 3 is 2.89 bits per heavy atom. The quantitative estimate of drug-likeness (QED) is 0.866. The molecule has 0 bridgehead atoms. The highest BCUT2D eigenvalue weighted by atomic mass is 79.9. The lowest BCUT2D eigenvalue weighted by molar-refractivity contribution is 0.0954. The average molecular weight is 393 g/mol. The number of aromatic nitrogens is 2. The summed E-state index contributed by atoms with van der Waals surface area (Å²) in [7, 11) is 0. The first-order chi connectivity index (χ1) is 8.60. The minimum atomic E-state index is -0.0857. The summed E-state index contributed by atoms with van der Waals surface area (Å²) in [5.41, 5.74) is 0.861. The first kappa shape index (κ1) is 13.8. The summed E-state index contributed by atoms with van der Waals surface area (Å²) in [6.07, 6.45) is 1.90. The van der Waals surface area contributed by atoms with Crippen molar-refractivity contribution in [2.75, 3.05) is 0 Å². The van der Waals surface area contributed by atoms with E-state index in [1.807, 2.05) is 23.9 Å². The second-order valence-corrected chi connectivity index (χ2v) is 6.80. The topological polar surface area (TPSA) is 46.9 Å². The number of nitrogens with zero attached hydrogens (tertiary/aromatic N) is 2. The molecule has 0 saturated carbocycles. The molecule has 0 aliphatic heterocycles. The van der Waals surface area contributed by atoms with Crippen LogP contribution in [-0.4, -0.2) is 15.7 Å². The van der Waals surface area contributed by atoms with Crippen molar-refractivity contribution in [2.24, 2.45) is 0 Å². The van der Waals surface area contributed by atoms with Gasteiger partial charge in [0.2, 0.25) is 0 Å². The van der Waals surface area contributed by atoms with Crippen molar-refractivity contribution in [3.63, 3.8) is 0 Å². The molecule has 4 nitrogen and oxygen atoms in total. The average Bonchev–Trinajstić information content (AvgIpc) is 2.94. The normalized spacial score (nSPS) is 10.6. The number of nitrogens with one attached hydrogen (secondary N) is 1. The number of hydrogen-bond donors (Lipinski definition) is 1. The molecular weight excluding hydrogens is 382 g/mol. The van der Waals surface area contributed by atoms with E-state index in [0.717, 1.165) is 20.5 Å². The van der Waals surface area contributed by atoms with Crippen LogP contribution >= 0.6 is 43.2 Å². The molecule has 0 unspecified atom stereocenters. The molecule has 0 spiro atoms. The van der Waals surface area contributed by atoms with Gasteiger partial charge in [-0.25, -0.2) is 0 Å². The molecule has 96 valence electrons. The SMILES string of the molecule is CCn1ccc(CNC(=O)c2cc(Br)c(Br)s2)n1. The minimum absolute atomic E-state index is 0.0857. The molecule has 2 rings (SSSR count). The Hall–Kier alpha value is -0.660. The van der Waals surface area contributed by atoms with E-state index in [1.54, 1.807) is 6.07 Å². The highest BCUT2D eigenvalue weighted by Gasteiger charge is 2.12. The van der Waals surface area contributed by atoms with E-state index in [9.17, 15) is 4.79 Å². The third-order valence-corrected chi connectivity index (χ3v) is 5.57. The van der Waals surface area contributed by atoms with E-state index >= 15 is 0 Å². The lowest BCUT2D eigenvalue weighted by Crippen LogP contribution is -2.22. The Labute approximate surface area is 126 Å². The van der Waals surface area contributed by atoms with Gasteiger partial charge >= 0.3 is 0 Å². The Balaban J connectivity index is 1.95. The van der Waals surface area contributed by atoms with Crippen molar-refractivity contribution < 1.29 is 4.79 Å². The third-order valence-electron chi connectivity index (χ3n) is 2.32. The van der Waals surface area contributed by atoms with E-state index in [-0.39, 0.29) is 5.91 Å². The molecule has 7 heteroatoms. The summed E-state index contributed by atoms with van der Waals surface area (Å²) in [6.45, 7) is 3.30. The maximum Gasteiger partial charge on any atom is 0.261 e. The van der Waals surface area contributed by atoms with E-state index in [2.05, 4.69) is 42.3 Å². The third kappa shape index (κ3) is 3.21. The summed E-state index contributed by atoms with van der Waals surface area (Å²) in [5.74, 6) is -0.0857. The number of thiophene rings is 1. The van der Waals surface area contributed by atoms with Gasteiger partial charge < -0.3 is 5.32 Å². The zero-order chi connectivity index (χ0) is 13.1. The zero-order valence-corrected chi connectivity index (χ0v) is 13.6. The van der Waals surface area contributed by atoms with Crippen LogP contribution in [0.2, 0.25) is 0 Å². The Bertz CT molecular complexity index is 545. The molecule has 0 aromatic carbocycles. The molecule has 1 amide bonds. The summed E-state index contributed by atoms with van der Waals surface area (Å²) in [6, 6.07) is 3.71. The minimum Gasteiger partial charge on any atom is -0.346 e. The van der Waals surface area contributed by atoms with E-state index in [0.29, 0.717) is 11.4 Å². The predicted molar refractivity (Wildman–Crippen MR) is 78.8 cm³/mol. The monoisotopic (exact) mass is 391 g/mol. The van der Waals surface area contributed by atoms with Crippen molar-refractivity contribution in [1.29, 1.82) is 0 Å². The van der Waals surface area contributed by atoms with Gasteiger partial charge in [-0.1, -0.05) is 0 Å². The largest absolute Gasteiger partial charge is 0.346 e. The second-order valence-electron chi connectivity index (χ2n) is 3.58. The van der Waals surface area contributed by atoms with Crippen LogP contribution in [0.5, 0.6) is 0 Å². The zero-order valence-electron chi connectivity index (χ0n) is 9.61. The summed E-state index contributed by atoms with van der Waals surface area (Å²) >= 11 is 8.13. The molecule has 0 radical (unpaired) electrons. The molecule has 2 aromatic rings. The first-order valence-corrected chi connectivity index (χ1v) is 7.75. The van der Waals surface area contributed by atoms with Crippen molar-refractivity contribution >= 4 is 49.1 Å². The van der Waals surface area contributed by atoms with Gasteiger partial charge in [0.25, 0.3) is 5.91 Å². The van der Waals surface area contributed by atoms with Gasteiger partial charge in [-0.2, -0.15) is 5.10 Å². The second kappa shape index (κ2) is 5.99. The highest BCUT2D eigenvalue weighted by Crippen LogP contribution is 2.32. The van der Waals surface area contributed by atoms with Gasteiger partial charge in [-0.15, -0.1) is 11.3 Å². The molecule has 0 fully saturated rings. The lowest BCUT2D eigenvalue weighted by Gasteiger charge is -2.00. The molecule has 2 aromatic heterocycles. The predicted octanol–water partition coefficient (Wildman–Crippen LogP) is 3.42.